The van der Waals surface area contributed by atoms with Crippen LogP contribution >= 0.6 is 0 Å². The van der Waals surface area contributed by atoms with Gasteiger partial charge in [-0.2, -0.15) is 0 Å². The molecule has 0 atom stereocenters. The predicted molar refractivity (Wildman–Crippen MR) is 73.3 cm³/mol. The SMILES string of the molecule is CC(=O)c1ccc2occ(-c3ccccc3)c2c1O. The van der Waals surface area contributed by atoms with Gasteiger partial charge in [0, 0.05) is 5.56 Å². The number of benzene rings is 2. The number of carbonyl (C=O) groups excluding carboxylic acids is 1. The lowest BCUT2D eigenvalue weighted by molar-refractivity contribution is 0.101. The second kappa shape index (κ2) is 4.28. The minimum atomic E-state index is -0.167. The molecule has 1 heterocycles. The second-order valence-corrected chi connectivity index (χ2v) is 4.41. The molecule has 0 fully saturated rings. The van der Waals surface area contributed by atoms with Crippen molar-refractivity contribution in [2.45, 2.75) is 6.92 Å². The summed E-state index contributed by atoms with van der Waals surface area (Å²) in [4.78, 5) is 11.5. The number of Topliss-reactive ketones (excluding diaryl/α,β-unsaturated/α-hetero) is 1. The highest BCUT2D eigenvalue weighted by Crippen LogP contribution is 2.38. The van der Waals surface area contributed by atoms with Gasteiger partial charge in [-0.05, 0) is 24.6 Å². The molecule has 0 saturated carbocycles. The van der Waals surface area contributed by atoms with Gasteiger partial charge in [0.15, 0.2) is 5.78 Å². The molecule has 0 saturated heterocycles. The van der Waals surface area contributed by atoms with Crippen LogP contribution in [-0.2, 0) is 0 Å². The van der Waals surface area contributed by atoms with Crippen LogP contribution in [0, 0.1) is 0 Å². The Morgan fingerprint density at radius 2 is 1.84 bits per heavy atom. The number of phenols is 1. The Labute approximate surface area is 110 Å². The van der Waals surface area contributed by atoms with Gasteiger partial charge in [-0.3, -0.25) is 4.79 Å². The van der Waals surface area contributed by atoms with Gasteiger partial charge in [0.1, 0.15) is 11.3 Å². The molecule has 2 aromatic carbocycles. The van der Waals surface area contributed by atoms with Crippen molar-refractivity contribution in [2.75, 3.05) is 0 Å². The van der Waals surface area contributed by atoms with Gasteiger partial charge >= 0.3 is 0 Å². The number of carbonyl (C=O) groups is 1. The van der Waals surface area contributed by atoms with Gasteiger partial charge in [0.05, 0.1) is 17.2 Å². The van der Waals surface area contributed by atoms with Gasteiger partial charge in [0.25, 0.3) is 0 Å². The van der Waals surface area contributed by atoms with Crippen LogP contribution in [0.15, 0.2) is 53.1 Å². The molecule has 3 rings (SSSR count). The average molecular weight is 252 g/mol. The average Bonchev–Trinajstić information content (AvgIpc) is 2.84. The molecule has 3 aromatic rings. The molecule has 0 bridgehead atoms. The molecule has 0 aliphatic heterocycles. The van der Waals surface area contributed by atoms with Gasteiger partial charge in [-0.15, -0.1) is 0 Å². The van der Waals surface area contributed by atoms with Crippen molar-refractivity contribution in [1.29, 1.82) is 0 Å². The van der Waals surface area contributed by atoms with E-state index >= 15 is 0 Å². The largest absolute Gasteiger partial charge is 0.506 e. The molecule has 0 unspecified atom stereocenters. The highest BCUT2D eigenvalue weighted by atomic mass is 16.3. The molecule has 0 amide bonds. The minimum absolute atomic E-state index is 0.0161. The summed E-state index contributed by atoms with van der Waals surface area (Å²) in [6.07, 6.45) is 1.60. The third-order valence-corrected chi connectivity index (χ3v) is 3.18. The highest BCUT2D eigenvalue weighted by Gasteiger charge is 2.16. The van der Waals surface area contributed by atoms with Crippen LogP contribution in [0.1, 0.15) is 17.3 Å². The van der Waals surface area contributed by atoms with Crippen LogP contribution in [0.2, 0.25) is 0 Å². The Kier molecular flexibility index (Phi) is 2.60. The normalized spacial score (nSPS) is 10.8. The Bertz CT molecular complexity index is 754. The maximum atomic E-state index is 11.5. The van der Waals surface area contributed by atoms with E-state index in [1.165, 1.54) is 6.92 Å². The number of ketones is 1. The predicted octanol–water partition coefficient (Wildman–Crippen LogP) is 4.01. The summed E-state index contributed by atoms with van der Waals surface area (Å²) in [7, 11) is 0. The minimum Gasteiger partial charge on any atom is -0.506 e. The van der Waals surface area contributed by atoms with Gasteiger partial charge in [0.2, 0.25) is 0 Å². The summed E-state index contributed by atoms with van der Waals surface area (Å²) in [5.74, 6) is -0.183. The van der Waals surface area contributed by atoms with E-state index in [0.29, 0.717) is 16.5 Å². The zero-order valence-corrected chi connectivity index (χ0v) is 10.4. The number of hydrogen-bond acceptors (Lipinski definition) is 3. The molecule has 94 valence electrons. The van der Waals surface area contributed by atoms with E-state index in [2.05, 4.69) is 0 Å². The van der Waals surface area contributed by atoms with Crippen LogP contribution in [-0.4, -0.2) is 10.9 Å². The fourth-order valence-electron chi connectivity index (χ4n) is 2.23. The lowest BCUT2D eigenvalue weighted by Gasteiger charge is -2.04. The number of furan rings is 1. The maximum Gasteiger partial charge on any atom is 0.163 e. The number of hydrogen-bond donors (Lipinski definition) is 1. The summed E-state index contributed by atoms with van der Waals surface area (Å²) in [5, 5.41) is 10.9. The van der Waals surface area contributed by atoms with E-state index in [9.17, 15) is 9.90 Å². The lowest BCUT2D eigenvalue weighted by Crippen LogP contribution is -1.92. The topological polar surface area (TPSA) is 50.4 Å². The first-order chi connectivity index (χ1) is 9.18. The molecule has 19 heavy (non-hydrogen) atoms. The van der Waals surface area contributed by atoms with Crippen molar-refractivity contribution in [3.05, 3.63) is 54.3 Å². The summed E-state index contributed by atoms with van der Waals surface area (Å²) in [5.41, 5.74) is 2.61. The van der Waals surface area contributed by atoms with Crippen molar-refractivity contribution in [3.63, 3.8) is 0 Å². The standard InChI is InChI=1S/C16H12O3/c1-10(17)12-7-8-14-15(16(12)18)13(9-19-14)11-5-3-2-4-6-11/h2-9,18H,1H3. The van der Waals surface area contributed by atoms with Gasteiger partial charge in [-0.25, -0.2) is 0 Å². The molecule has 1 aromatic heterocycles. The number of phenolic OH excluding ortho intramolecular Hbond substituents is 1. The highest BCUT2D eigenvalue weighted by molar-refractivity contribution is 6.07. The van der Waals surface area contributed by atoms with E-state index < -0.39 is 0 Å². The fourth-order valence-corrected chi connectivity index (χ4v) is 2.23. The first-order valence-electron chi connectivity index (χ1n) is 5.98. The summed E-state index contributed by atoms with van der Waals surface area (Å²) >= 11 is 0. The maximum absolute atomic E-state index is 11.5. The third kappa shape index (κ3) is 1.80. The van der Waals surface area contributed by atoms with Crippen LogP contribution in [0.3, 0.4) is 0 Å². The summed E-state index contributed by atoms with van der Waals surface area (Å²) < 4.78 is 5.45. The molecule has 3 nitrogen and oxygen atoms in total. The molecular formula is C16H12O3. The first-order valence-corrected chi connectivity index (χ1v) is 5.98. The van der Waals surface area contributed by atoms with E-state index in [-0.39, 0.29) is 11.5 Å². The number of aromatic hydroxyl groups is 1. The van der Waals surface area contributed by atoms with E-state index in [1.807, 2.05) is 30.3 Å². The van der Waals surface area contributed by atoms with Gasteiger partial charge in [-0.1, -0.05) is 30.3 Å². The molecule has 1 N–H and O–H groups in total. The third-order valence-electron chi connectivity index (χ3n) is 3.18. The van der Waals surface area contributed by atoms with Crippen LogP contribution in [0.25, 0.3) is 22.1 Å². The molecule has 0 aliphatic carbocycles. The zero-order chi connectivity index (χ0) is 13.4. The lowest BCUT2D eigenvalue weighted by atomic mass is 10.0. The summed E-state index contributed by atoms with van der Waals surface area (Å²) in [6, 6.07) is 12.9. The number of fused-ring (bicyclic) bond motifs is 1. The second-order valence-electron chi connectivity index (χ2n) is 4.41. The smallest absolute Gasteiger partial charge is 0.163 e. The Morgan fingerprint density at radius 1 is 1.11 bits per heavy atom. The van der Waals surface area contributed by atoms with Gasteiger partial charge < -0.3 is 9.52 Å². The molecule has 0 spiro atoms. The van der Waals surface area contributed by atoms with Crippen molar-refractivity contribution in [3.8, 4) is 16.9 Å². The monoisotopic (exact) mass is 252 g/mol. The van der Waals surface area contributed by atoms with Crippen LogP contribution in [0.5, 0.6) is 5.75 Å². The van der Waals surface area contributed by atoms with Crippen LogP contribution in [0.4, 0.5) is 0 Å². The molecular weight excluding hydrogens is 240 g/mol. The summed E-state index contributed by atoms with van der Waals surface area (Å²) in [6.45, 7) is 1.43. The Hall–Kier alpha value is -2.55. The van der Waals surface area contributed by atoms with E-state index in [0.717, 1.165) is 11.1 Å². The quantitative estimate of drug-likeness (QED) is 0.701. The fraction of sp³-hybridized carbons (Fsp3) is 0.0625. The Morgan fingerprint density at radius 3 is 2.53 bits per heavy atom. The first kappa shape index (κ1) is 11.5. The van der Waals surface area contributed by atoms with E-state index in [4.69, 9.17) is 4.42 Å². The zero-order valence-electron chi connectivity index (χ0n) is 10.4. The van der Waals surface area contributed by atoms with E-state index in [1.54, 1.807) is 18.4 Å². The molecule has 0 radical (unpaired) electrons. The van der Waals surface area contributed by atoms with Crippen molar-refractivity contribution in [1.82, 2.24) is 0 Å². The molecule has 3 heteroatoms. The number of rotatable bonds is 2. The Balaban J connectivity index is 2.33. The molecule has 0 aliphatic rings. The van der Waals surface area contributed by atoms with Crippen molar-refractivity contribution in [2.24, 2.45) is 0 Å². The van der Waals surface area contributed by atoms with Crippen molar-refractivity contribution >= 4 is 16.8 Å². The van der Waals surface area contributed by atoms with Crippen LogP contribution < -0.4 is 0 Å². The van der Waals surface area contributed by atoms with Crippen molar-refractivity contribution < 1.29 is 14.3 Å².